The average molecular weight is 307 g/mol. The summed E-state index contributed by atoms with van der Waals surface area (Å²) in [6.45, 7) is 6.71. The molecule has 0 saturated heterocycles. The summed E-state index contributed by atoms with van der Waals surface area (Å²) < 4.78 is 0.0363. The molecule has 1 N–H and O–H groups in total. The van der Waals surface area contributed by atoms with Gasteiger partial charge in [0.05, 0.1) is 11.7 Å². The lowest BCUT2D eigenvalue weighted by Gasteiger charge is -2.33. The molecule has 0 aromatic heterocycles. The average Bonchev–Trinajstić information content (AvgIpc) is 2.42. The lowest BCUT2D eigenvalue weighted by molar-refractivity contribution is -0.139. The summed E-state index contributed by atoms with van der Waals surface area (Å²) >= 11 is 1.61. The lowest BCUT2D eigenvalue weighted by Crippen LogP contribution is -2.39. The van der Waals surface area contributed by atoms with Crippen LogP contribution in [0.3, 0.4) is 0 Å². The third-order valence-corrected chi connectivity index (χ3v) is 4.73. The summed E-state index contributed by atoms with van der Waals surface area (Å²) in [6, 6.07) is 7.32. The number of carboxylic acid groups (broad SMARTS) is 1. The highest BCUT2D eigenvalue weighted by Crippen LogP contribution is 2.36. The maximum Gasteiger partial charge on any atom is 0.311 e. The van der Waals surface area contributed by atoms with E-state index in [4.69, 9.17) is 0 Å². The summed E-state index contributed by atoms with van der Waals surface area (Å²) in [4.78, 5) is 25.5. The Morgan fingerprint density at radius 3 is 2.62 bits per heavy atom. The maximum absolute atomic E-state index is 12.4. The molecule has 0 fully saturated rings. The lowest BCUT2D eigenvalue weighted by atomic mass is 9.90. The maximum atomic E-state index is 12.4. The van der Waals surface area contributed by atoms with Crippen molar-refractivity contribution in [2.24, 2.45) is 0 Å². The van der Waals surface area contributed by atoms with Gasteiger partial charge in [-0.05, 0) is 18.1 Å². The van der Waals surface area contributed by atoms with Crippen LogP contribution in [0.5, 0.6) is 0 Å². The van der Waals surface area contributed by atoms with Crippen molar-refractivity contribution in [2.75, 3.05) is 17.2 Å². The number of nitrogens with zero attached hydrogens (tertiary/aromatic N) is 1. The van der Waals surface area contributed by atoms with Gasteiger partial charge in [0, 0.05) is 17.0 Å². The number of carboxylic acids is 1. The molecule has 5 heteroatoms. The van der Waals surface area contributed by atoms with Crippen LogP contribution in [-0.2, 0) is 9.59 Å². The van der Waals surface area contributed by atoms with Crippen LogP contribution in [0.4, 0.5) is 5.69 Å². The normalized spacial score (nSPS) is 18.2. The highest BCUT2D eigenvalue weighted by molar-refractivity contribution is 8.01. The first-order valence-corrected chi connectivity index (χ1v) is 8.04. The number of anilines is 1. The molecule has 0 bridgehead atoms. The summed E-state index contributed by atoms with van der Waals surface area (Å²) in [6.07, 6.45) is 0.471. The van der Waals surface area contributed by atoms with Crippen LogP contribution in [0, 0.1) is 0 Å². The number of rotatable bonds is 3. The molecule has 0 saturated carbocycles. The van der Waals surface area contributed by atoms with Gasteiger partial charge in [-0.3, -0.25) is 9.59 Å². The molecule has 2 rings (SSSR count). The minimum atomic E-state index is -0.821. The van der Waals surface area contributed by atoms with E-state index in [9.17, 15) is 14.7 Å². The smallest absolute Gasteiger partial charge is 0.311 e. The van der Waals surface area contributed by atoms with Gasteiger partial charge in [0.2, 0.25) is 5.91 Å². The number of amides is 1. The highest BCUT2D eigenvalue weighted by Gasteiger charge is 2.32. The van der Waals surface area contributed by atoms with Crippen molar-refractivity contribution in [3.05, 3.63) is 29.8 Å². The SMILES string of the molecule is CC(C)(C)SCC(=O)N1CCC(C(=O)O)c2ccccc21. The Labute approximate surface area is 129 Å². The standard InChI is InChI=1S/C16H21NO3S/c1-16(2,3)21-10-14(18)17-9-8-12(15(19)20)11-6-4-5-7-13(11)17/h4-7,12H,8-10H2,1-3H3,(H,19,20). The number of hydrogen-bond acceptors (Lipinski definition) is 3. The van der Waals surface area contributed by atoms with E-state index in [2.05, 4.69) is 20.8 Å². The zero-order valence-corrected chi connectivity index (χ0v) is 13.4. The fraction of sp³-hybridized carbons (Fsp3) is 0.500. The summed E-state index contributed by atoms with van der Waals surface area (Å²) in [7, 11) is 0. The van der Waals surface area contributed by atoms with Crippen LogP contribution in [-0.4, -0.2) is 34.0 Å². The number of aliphatic carboxylic acids is 1. The Hall–Kier alpha value is -1.49. The van der Waals surface area contributed by atoms with Crippen LogP contribution in [0.15, 0.2) is 24.3 Å². The van der Waals surface area contributed by atoms with Gasteiger partial charge in [-0.25, -0.2) is 0 Å². The molecular weight excluding hydrogens is 286 g/mol. The van der Waals surface area contributed by atoms with Crippen molar-refractivity contribution >= 4 is 29.3 Å². The van der Waals surface area contributed by atoms with Crippen molar-refractivity contribution in [1.82, 2.24) is 0 Å². The number of carbonyl (C=O) groups excluding carboxylic acids is 1. The molecule has 1 atom stereocenters. The second-order valence-electron chi connectivity index (χ2n) is 6.18. The van der Waals surface area contributed by atoms with Gasteiger partial charge in [-0.2, -0.15) is 0 Å². The second-order valence-corrected chi connectivity index (χ2v) is 7.99. The number of hydrogen-bond donors (Lipinski definition) is 1. The van der Waals surface area contributed by atoms with Gasteiger partial charge in [0.15, 0.2) is 0 Å². The van der Waals surface area contributed by atoms with E-state index in [1.54, 1.807) is 16.7 Å². The molecule has 0 radical (unpaired) electrons. The van der Waals surface area contributed by atoms with Crippen LogP contribution in [0.25, 0.3) is 0 Å². The van der Waals surface area contributed by atoms with E-state index in [1.807, 2.05) is 24.3 Å². The summed E-state index contributed by atoms with van der Waals surface area (Å²) in [5, 5.41) is 9.31. The minimum Gasteiger partial charge on any atom is -0.481 e. The van der Waals surface area contributed by atoms with E-state index in [-0.39, 0.29) is 10.7 Å². The Balaban J connectivity index is 2.21. The molecule has 1 aliphatic heterocycles. The molecule has 0 spiro atoms. The van der Waals surface area contributed by atoms with E-state index >= 15 is 0 Å². The Kier molecular flexibility index (Phi) is 4.61. The zero-order valence-electron chi connectivity index (χ0n) is 12.6. The molecule has 114 valence electrons. The zero-order chi connectivity index (χ0) is 15.6. The van der Waals surface area contributed by atoms with Crippen LogP contribution in [0.2, 0.25) is 0 Å². The topological polar surface area (TPSA) is 57.6 Å². The van der Waals surface area contributed by atoms with Crippen molar-refractivity contribution in [1.29, 1.82) is 0 Å². The van der Waals surface area contributed by atoms with Crippen LogP contribution >= 0.6 is 11.8 Å². The number of carbonyl (C=O) groups is 2. The van der Waals surface area contributed by atoms with Gasteiger partial charge < -0.3 is 10.0 Å². The molecule has 1 unspecified atom stereocenters. The number of thioether (sulfide) groups is 1. The first kappa shape index (κ1) is 15.9. The Morgan fingerprint density at radius 1 is 1.33 bits per heavy atom. The predicted octanol–water partition coefficient (Wildman–Crippen LogP) is 3.12. The first-order chi connectivity index (χ1) is 9.79. The molecule has 1 aromatic carbocycles. The molecule has 1 heterocycles. The molecule has 4 nitrogen and oxygen atoms in total. The molecular formula is C16H21NO3S. The van der Waals surface area contributed by atoms with E-state index < -0.39 is 11.9 Å². The van der Waals surface area contributed by atoms with Crippen molar-refractivity contribution < 1.29 is 14.7 Å². The van der Waals surface area contributed by atoms with Gasteiger partial charge in [0.25, 0.3) is 0 Å². The van der Waals surface area contributed by atoms with E-state index in [1.165, 1.54) is 0 Å². The van der Waals surface area contributed by atoms with Gasteiger partial charge in [0.1, 0.15) is 0 Å². The Bertz CT molecular complexity index is 551. The fourth-order valence-electron chi connectivity index (χ4n) is 2.43. The fourth-order valence-corrected chi connectivity index (χ4v) is 3.15. The predicted molar refractivity (Wildman–Crippen MR) is 86.0 cm³/mol. The number of benzene rings is 1. The minimum absolute atomic E-state index is 0.0363. The second kappa shape index (κ2) is 6.10. The third kappa shape index (κ3) is 3.79. The van der Waals surface area contributed by atoms with Crippen molar-refractivity contribution in [2.45, 2.75) is 37.9 Å². The van der Waals surface area contributed by atoms with Crippen LogP contribution < -0.4 is 4.90 Å². The van der Waals surface area contributed by atoms with Gasteiger partial charge in [-0.15, -0.1) is 11.8 Å². The quantitative estimate of drug-likeness (QED) is 0.932. The number of fused-ring (bicyclic) bond motifs is 1. The molecule has 1 amide bonds. The molecule has 1 aromatic rings. The largest absolute Gasteiger partial charge is 0.481 e. The van der Waals surface area contributed by atoms with E-state index in [0.29, 0.717) is 18.7 Å². The van der Waals surface area contributed by atoms with Crippen LogP contribution in [0.1, 0.15) is 38.7 Å². The van der Waals surface area contributed by atoms with Gasteiger partial charge in [-0.1, -0.05) is 39.0 Å². The van der Waals surface area contributed by atoms with E-state index in [0.717, 1.165) is 11.3 Å². The highest BCUT2D eigenvalue weighted by atomic mass is 32.2. The van der Waals surface area contributed by atoms with Crippen molar-refractivity contribution in [3.8, 4) is 0 Å². The van der Waals surface area contributed by atoms with Crippen molar-refractivity contribution in [3.63, 3.8) is 0 Å². The monoisotopic (exact) mass is 307 g/mol. The number of para-hydroxylation sites is 1. The molecule has 21 heavy (non-hydrogen) atoms. The summed E-state index contributed by atoms with van der Waals surface area (Å²) in [5.41, 5.74) is 1.49. The summed E-state index contributed by atoms with van der Waals surface area (Å²) in [5.74, 6) is -0.874. The third-order valence-electron chi connectivity index (χ3n) is 3.47. The Morgan fingerprint density at radius 2 is 2.00 bits per heavy atom. The van der Waals surface area contributed by atoms with Gasteiger partial charge >= 0.3 is 5.97 Å². The first-order valence-electron chi connectivity index (χ1n) is 7.05. The molecule has 1 aliphatic rings. The molecule has 0 aliphatic carbocycles.